The zero-order valence-electron chi connectivity index (χ0n) is 12.3. The molecule has 0 unspecified atom stereocenters. The molecule has 23 heavy (non-hydrogen) atoms. The van der Waals surface area contributed by atoms with E-state index in [4.69, 9.17) is 5.26 Å². The van der Waals surface area contributed by atoms with Crippen LogP contribution in [0.15, 0.2) is 48.5 Å². The number of nitrogens with zero attached hydrogens (tertiary/aromatic N) is 1. The highest BCUT2D eigenvalue weighted by molar-refractivity contribution is 5.81. The van der Waals surface area contributed by atoms with Crippen molar-refractivity contribution >= 4 is 11.6 Å². The van der Waals surface area contributed by atoms with Crippen molar-refractivity contribution in [2.24, 2.45) is 0 Å². The molecule has 1 atom stereocenters. The number of benzene rings is 2. The Morgan fingerprint density at radius 1 is 1.17 bits per heavy atom. The van der Waals surface area contributed by atoms with Crippen molar-refractivity contribution in [1.29, 1.82) is 5.26 Å². The van der Waals surface area contributed by atoms with Crippen molar-refractivity contribution in [1.82, 2.24) is 5.32 Å². The summed E-state index contributed by atoms with van der Waals surface area (Å²) >= 11 is 0. The Hall–Kier alpha value is -2.91. The van der Waals surface area contributed by atoms with Gasteiger partial charge in [-0.3, -0.25) is 4.79 Å². The Labute approximate surface area is 133 Å². The summed E-state index contributed by atoms with van der Waals surface area (Å²) in [6.07, 6.45) is -1.24. The normalized spacial score (nSPS) is 11.3. The van der Waals surface area contributed by atoms with Crippen LogP contribution >= 0.6 is 0 Å². The van der Waals surface area contributed by atoms with Crippen molar-refractivity contribution in [3.63, 3.8) is 0 Å². The van der Waals surface area contributed by atoms with Gasteiger partial charge in [0.25, 0.3) is 5.91 Å². The third kappa shape index (κ3) is 4.28. The van der Waals surface area contributed by atoms with Crippen LogP contribution < -0.4 is 10.6 Å². The molecule has 0 saturated heterocycles. The summed E-state index contributed by atoms with van der Waals surface area (Å²) in [4.78, 5) is 11.8. The number of carbonyl (C=O) groups excluding carboxylic acids is 1. The lowest BCUT2D eigenvalue weighted by Gasteiger charge is -2.13. The van der Waals surface area contributed by atoms with E-state index >= 15 is 0 Å². The molecule has 0 saturated carbocycles. The highest BCUT2D eigenvalue weighted by atomic mass is 19.1. The Kier molecular flexibility index (Phi) is 5.67. The van der Waals surface area contributed by atoms with Gasteiger partial charge in [-0.25, -0.2) is 4.39 Å². The van der Waals surface area contributed by atoms with E-state index in [1.165, 1.54) is 12.1 Å². The Balaban J connectivity index is 1.83. The zero-order valence-corrected chi connectivity index (χ0v) is 12.3. The maximum atomic E-state index is 13.4. The van der Waals surface area contributed by atoms with Crippen LogP contribution in [-0.4, -0.2) is 24.1 Å². The first-order valence-electron chi connectivity index (χ1n) is 7.06. The van der Waals surface area contributed by atoms with E-state index in [1.54, 1.807) is 42.5 Å². The second-order valence-corrected chi connectivity index (χ2v) is 4.81. The minimum Gasteiger partial charge on any atom is -0.382 e. The van der Waals surface area contributed by atoms with Gasteiger partial charge in [-0.2, -0.15) is 5.26 Å². The van der Waals surface area contributed by atoms with Gasteiger partial charge in [-0.05, 0) is 17.7 Å². The van der Waals surface area contributed by atoms with Crippen LogP contribution in [0.3, 0.4) is 0 Å². The van der Waals surface area contributed by atoms with Crippen LogP contribution in [-0.2, 0) is 4.79 Å². The first-order valence-corrected chi connectivity index (χ1v) is 7.06. The van der Waals surface area contributed by atoms with Crippen LogP contribution in [0.1, 0.15) is 17.2 Å². The molecule has 0 aliphatic heterocycles. The van der Waals surface area contributed by atoms with Crippen LogP contribution in [0.25, 0.3) is 0 Å². The highest BCUT2D eigenvalue weighted by Gasteiger charge is 2.16. The highest BCUT2D eigenvalue weighted by Crippen LogP contribution is 2.17. The van der Waals surface area contributed by atoms with Crippen molar-refractivity contribution in [2.45, 2.75) is 6.10 Å². The molecule has 0 aliphatic rings. The summed E-state index contributed by atoms with van der Waals surface area (Å²) < 4.78 is 13.4. The summed E-state index contributed by atoms with van der Waals surface area (Å²) in [6.45, 7) is 0.523. The molecule has 118 valence electrons. The number of halogens is 1. The minimum absolute atomic E-state index is 0.0665. The Bertz CT molecular complexity index is 714. The SMILES string of the molecule is N#Cc1c(F)cccc1NCCNC(=O)[C@@H](O)c1ccccc1. The molecule has 2 rings (SSSR count). The minimum atomic E-state index is -1.24. The van der Waals surface area contributed by atoms with Crippen molar-refractivity contribution in [3.05, 3.63) is 65.5 Å². The fraction of sp³-hybridized carbons (Fsp3) is 0.176. The largest absolute Gasteiger partial charge is 0.382 e. The molecule has 0 bridgehead atoms. The number of anilines is 1. The third-order valence-electron chi connectivity index (χ3n) is 3.23. The van der Waals surface area contributed by atoms with E-state index in [2.05, 4.69) is 10.6 Å². The van der Waals surface area contributed by atoms with Crippen LogP contribution in [0.4, 0.5) is 10.1 Å². The van der Waals surface area contributed by atoms with Crippen molar-refractivity contribution in [2.75, 3.05) is 18.4 Å². The number of aliphatic hydroxyl groups excluding tert-OH is 1. The summed E-state index contributed by atoms with van der Waals surface area (Å²) in [5, 5.41) is 24.3. The number of nitrogens with one attached hydrogen (secondary N) is 2. The molecule has 0 heterocycles. The number of aliphatic hydroxyl groups is 1. The quantitative estimate of drug-likeness (QED) is 0.712. The average Bonchev–Trinajstić information content (AvgIpc) is 2.58. The molecule has 1 amide bonds. The first-order chi connectivity index (χ1) is 11.1. The molecular weight excluding hydrogens is 297 g/mol. The zero-order chi connectivity index (χ0) is 16.7. The fourth-order valence-electron chi connectivity index (χ4n) is 2.05. The predicted molar refractivity (Wildman–Crippen MR) is 84.0 cm³/mol. The molecule has 0 aliphatic carbocycles. The van der Waals surface area contributed by atoms with E-state index in [0.717, 1.165) is 0 Å². The Morgan fingerprint density at radius 2 is 1.91 bits per heavy atom. The van der Waals surface area contributed by atoms with Crippen LogP contribution in [0, 0.1) is 17.1 Å². The number of amides is 1. The summed E-state index contributed by atoms with van der Waals surface area (Å²) in [7, 11) is 0. The molecule has 5 nitrogen and oxygen atoms in total. The summed E-state index contributed by atoms with van der Waals surface area (Å²) in [6, 6.07) is 14.7. The van der Waals surface area contributed by atoms with E-state index < -0.39 is 17.8 Å². The Morgan fingerprint density at radius 3 is 2.61 bits per heavy atom. The van der Waals surface area contributed by atoms with Crippen LogP contribution in [0.5, 0.6) is 0 Å². The van der Waals surface area contributed by atoms with E-state index in [-0.39, 0.29) is 12.1 Å². The molecule has 2 aromatic rings. The third-order valence-corrected chi connectivity index (χ3v) is 3.23. The van der Waals surface area contributed by atoms with Gasteiger partial charge in [0.05, 0.1) is 5.69 Å². The molecule has 0 spiro atoms. The maximum absolute atomic E-state index is 13.4. The number of hydrogen-bond acceptors (Lipinski definition) is 4. The lowest BCUT2D eigenvalue weighted by atomic mass is 10.1. The lowest BCUT2D eigenvalue weighted by molar-refractivity contribution is -0.129. The lowest BCUT2D eigenvalue weighted by Crippen LogP contribution is -2.33. The summed E-state index contributed by atoms with van der Waals surface area (Å²) in [5.74, 6) is -1.11. The standard InChI is InChI=1S/C17H16FN3O2/c18-14-7-4-8-15(13(14)11-19)20-9-10-21-17(23)16(22)12-5-2-1-3-6-12/h1-8,16,20,22H,9-10H2,(H,21,23)/t16-/m0/s1. The fourth-order valence-corrected chi connectivity index (χ4v) is 2.05. The van der Waals surface area contributed by atoms with Gasteiger partial charge in [-0.15, -0.1) is 0 Å². The second kappa shape index (κ2) is 7.92. The van der Waals surface area contributed by atoms with Gasteiger partial charge in [-0.1, -0.05) is 36.4 Å². The second-order valence-electron chi connectivity index (χ2n) is 4.81. The molecular formula is C17H16FN3O2. The van der Waals surface area contributed by atoms with Crippen LogP contribution in [0.2, 0.25) is 0 Å². The molecule has 3 N–H and O–H groups in total. The summed E-state index contributed by atoms with van der Waals surface area (Å²) in [5.41, 5.74) is 0.809. The number of carbonyl (C=O) groups is 1. The smallest absolute Gasteiger partial charge is 0.253 e. The van der Waals surface area contributed by atoms with Gasteiger partial charge >= 0.3 is 0 Å². The molecule has 0 aromatic heterocycles. The van der Waals surface area contributed by atoms with Gasteiger partial charge in [0.1, 0.15) is 17.4 Å². The predicted octanol–water partition coefficient (Wildman–Crippen LogP) is 1.96. The number of nitriles is 1. The molecule has 2 aromatic carbocycles. The van der Waals surface area contributed by atoms with E-state index in [1.807, 2.05) is 0 Å². The molecule has 0 radical (unpaired) electrons. The first kappa shape index (κ1) is 16.5. The monoisotopic (exact) mass is 313 g/mol. The van der Waals surface area contributed by atoms with E-state index in [9.17, 15) is 14.3 Å². The van der Waals surface area contributed by atoms with E-state index in [0.29, 0.717) is 17.8 Å². The van der Waals surface area contributed by atoms with Crippen molar-refractivity contribution in [3.8, 4) is 6.07 Å². The van der Waals surface area contributed by atoms with Gasteiger partial charge < -0.3 is 15.7 Å². The number of hydrogen-bond donors (Lipinski definition) is 3. The topological polar surface area (TPSA) is 85.2 Å². The number of rotatable bonds is 6. The maximum Gasteiger partial charge on any atom is 0.253 e. The molecule has 6 heteroatoms. The van der Waals surface area contributed by atoms with Gasteiger partial charge in [0.15, 0.2) is 6.10 Å². The molecule has 0 fully saturated rings. The van der Waals surface area contributed by atoms with Gasteiger partial charge in [0, 0.05) is 13.1 Å². The van der Waals surface area contributed by atoms with Gasteiger partial charge in [0.2, 0.25) is 0 Å². The van der Waals surface area contributed by atoms with Crippen molar-refractivity contribution < 1.29 is 14.3 Å². The average molecular weight is 313 g/mol.